The Labute approximate surface area is 65.3 Å². The van der Waals surface area contributed by atoms with Crippen molar-refractivity contribution in [2.24, 2.45) is 4.99 Å². The number of aliphatic hydroxyl groups is 1. The molecular formula is C7H12N2O2. The number of carbonyl (C=O) groups excluding carboxylic acids is 1. The van der Waals surface area contributed by atoms with Crippen molar-refractivity contribution in [3.05, 3.63) is 0 Å². The molecule has 62 valence electrons. The van der Waals surface area contributed by atoms with E-state index in [4.69, 9.17) is 5.11 Å². The van der Waals surface area contributed by atoms with E-state index in [2.05, 4.69) is 10.3 Å². The van der Waals surface area contributed by atoms with Gasteiger partial charge in [0.05, 0.1) is 6.61 Å². The van der Waals surface area contributed by atoms with Crippen molar-refractivity contribution >= 4 is 11.7 Å². The summed E-state index contributed by atoms with van der Waals surface area (Å²) in [6.45, 7) is 3.51. The molecule has 4 heteroatoms. The molecule has 1 heterocycles. The van der Waals surface area contributed by atoms with Gasteiger partial charge in [-0.05, 0) is 13.8 Å². The maximum Gasteiger partial charge on any atom is 0.252 e. The van der Waals surface area contributed by atoms with Gasteiger partial charge >= 0.3 is 0 Å². The summed E-state index contributed by atoms with van der Waals surface area (Å²) in [4.78, 5) is 15.2. The largest absolute Gasteiger partial charge is 0.396 e. The van der Waals surface area contributed by atoms with Gasteiger partial charge in [0.2, 0.25) is 0 Å². The maximum absolute atomic E-state index is 11.1. The summed E-state index contributed by atoms with van der Waals surface area (Å²) in [5.74, 6) is 0.489. The summed E-state index contributed by atoms with van der Waals surface area (Å²) >= 11 is 0. The number of aliphatic imine (C=N–C) groups is 1. The van der Waals surface area contributed by atoms with E-state index in [9.17, 15) is 4.79 Å². The molecule has 0 fully saturated rings. The van der Waals surface area contributed by atoms with Gasteiger partial charge in [-0.15, -0.1) is 0 Å². The number of nitrogens with one attached hydrogen (secondary N) is 1. The molecule has 1 amide bonds. The average molecular weight is 156 g/mol. The lowest BCUT2D eigenvalue weighted by atomic mass is 10.1. The Hall–Kier alpha value is -0.900. The molecule has 0 saturated carbocycles. The number of carbonyl (C=O) groups is 1. The predicted molar refractivity (Wildman–Crippen MR) is 41.4 cm³/mol. The zero-order chi connectivity index (χ0) is 8.48. The normalized spacial score (nSPS) is 21.4. The molecule has 0 radical (unpaired) electrons. The van der Waals surface area contributed by atoms with Gasteiger partial charge in [-0.25, -0.2) is 0 Å². The fourth-order valence-corrected chi connectivity index (χ4v) is 0.924. The van der Waals surface area contributed by atoms with Gasteiger partial charge in [-0.1, -0.05) is 0 Å². The van der Waals surface area contributed by atoms with Gasteiger partial charge in [-0.3, -0.25) is 9.79 Å². The van der Waals surface area contributed by atoms with Crippen LogP contribution in [0.4, 0.5) is 0 Å². The molecule has 0 aromatic carbocycles. The van der Waals surface area contributed by atoms with Crippen molar-refractivity contribution in [1.82, 2.24) is 5.32 Å². The van der Waals surface area contributed by atoms with Crippen LogP contribution < -0.4 is 5.32 Å². The zero-order valence-electron chi connectivity index (χ0n) is 6.72. The van der Waals surface area contributed by atoms with Gasteiger partial charge in [0.25, 0.3) is 5.91 Å². The maximum atomic E-state index is 11.1. The highest BCUT2D eigenvalue weighted by Crippen LogP contribution is 2.14. The first kappa shape index (κ1) is 8.20. The van der Waals surface area contributed by atoms with E-state index in [1.165, 1.54) is 0 Å². The Morgan fingerprint density at radius 3 is 2.64 bits per heavy atom. The van der Waals surface area contributed by atoms with Crippen molar-refractivity contribution in [3.63, 3.8) is 0 Å². The SMILES string of the molecule is CC1(C)N=C(CCO)NC1=O. The molecule has 0 aromatic heterocycles. The Kier molecular flexibility index (Phi) is 1.95. The van der Waals surface area contributed by atoms with Crippen LogP contribution in [-0.2, 0) is 4.79 Å². The van der Waals surface area contributed by atoms with Gasteiger partial charge in [0, 0.05) is 6.42 Å². The average Bonchev–Trinajstić information content (AvgIpc) is 2.08. The number of hydrogen-bond donors (Lipinski definition) is 2. The minimum Gasteiger partial charge on any atom is -0.396 e. The van der Waals surface area contributed by atoms with E-state index in [0.717, 1.165) is 0 Å². The highest BCUT2D eigenvalue weighted by molar-refractivity contribution is 6.07. The molecule has 0 atom stereocenters. The topological polar surface area (TPSA) is 61.7 Å². The van der Waals surface area contributed by atoms with Crippen LogP contribution in [0.1, 0.15) is 20.3 Å². The Balaban J connectivity index is 2.68. The monoisotopic (exact) mass is 156 g/mol. The smallest absolute Gasteiger partial charge is 0.252 e. The van der Waals surface area contributed by atoms with Crippen LogP contribution in [0.2, 0.25) is 0 Å². The number of amides is 1. The van der Waals surface area contributed by atoms with Crippen molar-refractivity contribution in [3.8, 4) is 0 Å². The van der Waals surface area contributed by atoms with E-state index < -0.39 is 5.54 Å². The van der Waals surface area contributed by atoms with Crippen LogP contribution in [0.25, 0.3) is 0 Å². The minimum atomic E-state index is -0.648. The van der Waals surface area contributed by atoms with E-state index in [1.807, 2.05) is 0 Å². The molecule has 11 heavy (non-hydrogen) atoms. The van der Waals surface area contributed by atoms with Gasteiger partial charge in [0.15, 0.2) is 0 Å². The van der Waals surface area contributed by atoms with Gasteiger partial charge in [-0.2, -0.15) is 0 Å². The van der Waals surface area contributed by atoms with E-state index in [0.29, 0.717) is 12.3 Å². The first-order valence-electron chi connectivity index (χ1n) is 3.57. The summed E-state index contributed by atoms with van der Waals surface area (Å²) in [6.07, 6.45) is 0.426. The molecule has 0 saturated heterocycles. The Bertz CT molecular complexity index is 208. The lowest BCUT2D eigenvalue weighted by Crippen LogP contribution is -2.34. The van der Waals surface area contributed by atoms with E-state index >= 15 is 0 Å². The summed E-state index contributed by atoms with van der Waals surface area (Å²) in [7, 11) is 0. The molecule has 0 aliphatic carbocycles. The van der Waals surface area contributed by atoms with Crippen LogP contribution in [0.5, 0.6) is 0 Å². The summed E-state index contributed by atoms with van der Waals surface area (Å²) in [6, 6.07) is 0. The van der Waals surface area contributed by atoms with Gasteiger partial charge in [0.1, 0.15) is 11.4 Å². The van der Waals surface area contributed by atoms with Crippen LogP contribution in [0, 0.1) is 0 Å². The minimum absolute atomic E-state index is 0.0230. The third-order valence-electron chi connectivity index (χ3n) is 1.58. The Morgan fingerprint density at radius 2 is 2.27 bits per heavy atom. The summed E-state index contributed by atoms with van der Waals surface area (Å²) < 4.78 is 0. The lowest BCUT2D eigenvalue weighted by molar-refractivity contribution is -0.122. The number of hydrogen-bond acceptors (Lipinski definition) is 3. The molecule has 1 rings (SSSR count). The van der Waals surface area contributed by atoms with Crippen molar-refractivity contribution in [2.45, 2.75) is 25.8 Å². The molecule has 0 spiro atoms. The van der Waals surface area contributed by atoms with Crippen LogP contribution in [-0.4, -0.2) is 29.0 Å². The summed E-state index contributed by atoms with van der Waals surface area (Å²) in [5.41, 5.74) is -0.648. The second-order valence-corrected chi connectivity index (χ2v) is 3.05. The van der Waals surface area contributed by atoms with Crippen molar-refractivity contribution in [2.75, 3.05) is 6.61 Å². The molecule has 2 N–H and O–H groups in total. The van der Waals surface area contributed by atoms with E-state index in [1.54, 1.807) is 13.8 Å². The van der Waals surface area contributed by atoms with Crippen molar-refractivity contribution in [1.29, 1.82) is 0 Å². The highest BCUT2D eigenvalue weighted by Gasteiger charge is 2.33. The van der Waals surface area contributed by atoms with E-state index in [-0.39, 0.29) is 12.5 Å². The number of aliphatic hydroxyl groups excluding tert-OH is 1. The Morgan fingerprint density at radius 1 is 1.64 bits per heavy atom. The molecule has 0 bridgehead atoms. The second-order valence-electron chi connectivity index (χ2n) is 3.05. The molecule has 1 aliphatic rings. The molecule has 0 aromatic rings. The second kappa shape index (κ2) is 2.62. The number of amidine groups is 1. The van der Waals surface area contributed by atoms with Gasteiger partial charge < -0.3 is 10.4 Å². The predicted octanol–water partition coefficient (Wildman–Crippen LogP) is -0.324. The number of rotatable bonds is 2. The molecular weight excluding hydrogens is 144 g/mol. The third-order valence-corrected chi connectivity index (χ3v) is 1.58. The standard InChI is InChI=1S/C7H12N2O2/c1-7(2)6(11)8-5(9-7)3-4-10/h10H,3-4H2,1-2H3,(H,8,9,11). The highest BCUT2D eigenvalue weighted by atomic mass is 16.3. The fourth-order valence-electron chi connectivity index (χ4n) is 0.924. The molecule has 4 nitrogen and oxygen atoms in total. The van der Waals surface area contributed by atoms with Crippen LogP contribution in [0.3, 0.4) is 0 Å². The lowest BCUT2D eigenvalue weighted by Gasteiger charge is -2.07. The van der Waals surface area contributed by atoms with Crippen LogP contribution in [0.15, 0.2) is 4.99 Å². The fraction of sp³-hybridized carbons (Fsp3) is 0.714. The first-order valence-corrected chi connectivity index (χ1v) is 3.57. The molecule has 0 unspecified atom stereocenters. The van der Waals surface area contributed by atoms with Crippen molar-refractivity contribution < 1.29 is 9.90 Å². The molecule has 1 aliphatic heterocycles. The first-order chi connectivity index (χ1) is 5.06. The number of nitrogens with zero attached hydrogens (tertiary/aromatic N) is 1. The third kappa shape index (κ3) is 1.57. The van der Waals surface area contributed by atoms with Crippen LogP contribution >= 0.6 is 0 Å². The summed E-state index contributed by atoms with van der Waals surface area (Å²) in [5, 5.41) is 11.1. The quantitative estimate of drug-likeness (QED) is 0.575. The zero-order valence-corrected chi connectivity index (χ0v) is 6.72.